The van der Waals surface area contributed by atoms with E-state index in [0.29, 0.717) is 37.4 Å². The summed E-state index contributed by atoms with van der Waals surface area (Å²) in [5.74, 6) is -0.804. The number of rotatable bonds is 6. The molecule has 0 bridgehead atoms. The van der Waals surface area contributed by atoms with E-state index < -0.39 is 11.8 Å². The number of carbonyl (C=O) groups is 2. The average molecular weight is 414 g/mol. The monoisotopic (exact) mass is 414 g/mol. The highest BCUT2D eigenvalue weighted by Crippen LogP contribution is 2.21. The summed E-state index contributed by atoms with van der Waals surface area (Å²) in [5.41, 5.74) is 7.27. The first-order valence-corrected chi connectivity index (χ1v) is 9.84. The Labute approximate surface area is 175 Å². The Hall–Kier alpha value is -3.04. The number of hydrogen-bond donors (Lipinski definition) is 3. The number of piperazine rings is 1. The summed E-state index contributed by atoms with van der Waals surface area (Å²) in [6, 6.07) is 8.07. The van der Waals surface area contributed by atoms with Crippen LogP contribution in [0.2, 0.25) is 0 Å². The standard InChI is InChI=1S/C21H27FN6O2/c1-14-6-7-17(10-24-14)25-21(30)26-18-5-3-4-16(20(18)22)12-27-8-9-28(13-19(23)29)15(2)11-27/h3-7,10,15H,8-9,11-13H2,1-2H3,(H2,23,29)(H2,25,26,30)/t15-/m1/s1. The van der Waals surface area contributed by atoms with Gasteiger partial charge in [0.2, 0.25) is 5.91 Å². The van der Waals surface area contributed by atoms with Gasteiger partial charge in [0, 0.05) is 43.5 Å². The molecule has 4 N–H and O–H groups in total. The van der Waals surface area contributed by atoms with Gasteiger partial charge in [0.25, 0.3) is 0 Å². The van der Waals surface area contributed by atoms with Gasteiger partial charge in [-0.15, -0.1) is 0 Å². The maximum absolute atomic E-state index is 15.0. The molecule has 1 aromatic heterocycles. The van der Waals surface area contributed by atoms with Crippen molar-refractivity contribution in [1.82, 2.24) is 14.8 Å². The Bertz CT molecular complexity index is 905. The molecule has 3 amide bonds. The minimum absolute atomic E-state index is 0.116. The first kappa shape index (κ1) is 21.7. The number of aryl methyl sites for hydroxylation is 1. The molecule has 8 nitrogen and oxygen atoms in total. The highest BCUT2D eigenvalue weighted by atomic mass is 19.1. The molecule has 160 valence electrons. The molecule has 2 aromatic rings. The van der Waals surface area contributed by atoms with Gasteiger partial charge in [-0.2, -0.15) is 0 Å². The molecule has 1 aliphatic rings. The van der Waals surface area contributed by atoms with Crippen molar-refractivity contribution in [3.05, 3.63) is 53.6 Å². The maximum atomic E-state index is 15.0. The van der Waals surface area contributed by atoms with E-state index in [-0.39, 0.29) is 24.2 Å². The Morgan fingerprint density at radius 2 is 2.03 bits per heavy atom. The van der Waals surface area contributed by atoms with Crippen LogP contribution < -0.4 is 16.4 Å². The minimum Gasteiger partial charge on any atom is -0.369 e. The quantitative estimate of drug-likeness (QED) is 0.672. The van der Waals surface area contributed by atoms with Crippen LogP contribution in [-0.2, 0) is 11.3 Å². The van der Waals surface area contributed by atoms with Gasteiger partial charge in [-0.3, -0.25) is 19.6 Å². The minimum atomic E-state index is -0.537. The molecule has 1 aromatic carbocycles. The lowest BCUT2D eigenvalue weighted by molar-refractivity contribution is -0.120. The van der Waals surface area contributed by atoms with Gasteiger partial charge < -0.3 is 16.4 Å². The van der Waals surface area contributed by atoms with Crippen molar-refractivity contribution in [3.63, 3.8) is 0 Å². The van der Waals surface area contributed by atoms with E-state index in [9.17, 15) is 14.0 Å². The van der Waals surface area contributed by atoms with E-state index in [4.69, 9.17) is 5.73 Å². The molecular formula is C21H27FN6O2. The number of urea groups is 1. The fourth-order valence-corrected chi connectivity index (χ4v) is 3.52. The van der Waals surface area contributed by atoms with Crippen LogP contribution in [0.4, 0.5) is 20.6 Å². The Morgan fingerprint density at radius 3 is 2.70 bits per heavy atom. The van der Waals surface area contributed by atoms with E-state index in [1.807, 2.05) is 18.7 Å². The van der Waals surface area contributed by atoms with Crippen molar-refractivity contribution >= 4 is 23.3 Å². The number of aromatic nitrogens is 1. The van der Waals surface area contributed by atoms with Crippen LogP contribution in [0, 0.1) is 12.7 Å². The number of halogens is 1. The highest BCUT2D eigenvalue weighted by molar-refractivity contribution is 5.99. The summed E-state index contributed by atoms with van der Waals surface area (Å²) >= 11 is 0. The second kappa shape index (κ2) is 9.64. The number of nitrogens with one attached hydrogen (secondary N) is 2. The maximum Gasteiger partial charge on any atom is 0.323 e. The normalized spacial score (nSPS) is 17.5. The number of anilines is 2. The van der Waals surface area contributed by atoms with Crippen LogP contribution >= 0.6 is 0 Å². The zero-order chi connectivity index (χ0) is 21.7. The molecule has 1 aliphatic heterocycles. The number of carbonyl (C=O) groups excluding carboxylic acids is 2. The molecule has 0 spiro atoms. The lowest BCUT2D eigenvalue weighted by Crippen LogP contribution is -2.53. The van der Waals surface area contributed by atoms with Crippen molar-refractivity contribution in [2.24, 2.45) is 5.73 Å². The lowest BCUT2D eigenvalue weighted by Gasteiger charge is -2.39. The summed E-state index contributed by atoms with van der Waals surface area (Å²) in [6.07, 6.45) is 1.54. The first-order valence-electron chi connectivity index (χ1n) is 9.84. The number of pyridine rings is 1. The van der Waals surface area contributed by atoms with Gasteiger partial charge in [-0.05, 0) is 32.0 Å². The van der Waals surface area contributed by atoms with Gasteiger partial charge in [0.05, 0.1) is 24.1 Å². The molecule has 3 rings (SSSR count). The Kier molecular flexibility index (Phi) is 6.96. The SMILES string of the molecule is Cc1ccc(NC(=O)Nc2cccc(CN3CCN(CC(N)=O)[C@H](C)C3)c2F)cn1. The fourth-order valence-electron chi connectivity index (χ4n) is 3.52. The molecule has 0 aliphatic carbocycles. The van der Waals surface area contributed by atoms with Crippen LogP contribution in [0.3, 0.4) is 0 Å². The second-order valence-electron chi connectivity index (χ2n) is 7.57. The topological polar surface area (TPSA) is 104 Å². The van der Waals surface area contributed by atoms with Crippen LogP contribution in [-0.4, -0.2) is 58.9 Å². The molecule has 1 atom stereocenters. The number of hydrogen-bond acceptors (Lipinski definition) is 5. The summed E-state index contributed by atoms with van der Waals surface area (Å²) in [7, 11) is 0. The van der Waals surface area contributed by atoms with Crippen molar-refractivity contribution < 1.29 is 14.0 Å². The van der Waals surface area contributed by atoms with Gasteiger partial charge in [-0.1, -0.05) is 12.1 Å². The summed E-state index contributed by atoms with van der Waals surface area (Å²) in [6.45, 7) is 6.61. The number of benzene rings is 1. The largest absolute Gasteiger partial charge is 0.369 e. The fraction of sp³-hybridized carbons (Fsp3) is 0.381. The molecule has 9 heteroatoms. The van der Waals surface area contributed by atoms with E-state index in [2.05, 4.69) is 20.5 Å². The number of amides is 3. The Balaban J connectivity index is 1.60. The molecule has 2 heterocycles. The smallest absolute Gasteiger partial charge is 0.323 e. The van der Waals surface area contributed by atoms with Gasteiger partial charge in [0.1, 0.15) is 0 Å². The van der Waals surface area contributed by atoms with Crippen molar-refractivity contribution in [2.75, 3.05) is 36.8 Å². The zero-order valence-electron chi connectivity index (χ0n) is 17.2. The van der Waals surface area contributed by atoms with E-state index in [1.54, 1.807) is 30.5 Å². The van der Waals surface area contributed by atoms with Crippen LogP contribution in [0.15, 0.2) is 36.5 Å². The third-order valence-corrected chi connectivity index (χ3v) is 5.10. The summed E-state index contributed by atoms with van der Waals surface area (Å²) in [4.78, 5) is 31.6. The molecule has 0 saturated carbocycles. The van der Waals surface area contributed by atoms with Crippen molar-refractivity contribution in [3.8, 4) is 0 Å². The predicted molar refractivity (Wildman–Crippen MR) is 114 cm³/mol. The molecule has 0 unspecified atom stereocenters. The van der Waals surface area contributed by atoms with Crippen molar-refractivity contribution in [2.45, 2.75) is 26.4 Å². The number of nitrogens with zero attached hydrogens (tertiary/aromatic N) is 3. The van der Waals surface area contributed by atoms with Crippen LogP contribution in [0.5, 0.6) is 0 Å². The number of nitrogens with two attached hydrogens (primary N) is 1. The lowest BCUT2D eigenvalue weighted by atomic mass is 10.1. The van der Waals surface area contributed by atoms with E-state index >= 15 is 0 Å². The molecule has 30 heavy (non-hydrogen) atoms. The highest BCUT2D eigenvalue weighted by Gasteiger charge is 2.25. The third-order valence-electron chi connectivity index (χ3n) is 5.10. The van der Waals surface area contributed by atoms with Gasteiger partial charge in [-0.25, -0.2) is 9.18 Å². The van der Waals surface area contributed by atoms with Gasteiger partial charge >= 0.3 is 6.03 Å². The van der Waals surface area contributed by atoms with E-state index in [1.165, 1.54) is 6.07 Å². The zero-order valence-corrected chi connectivity index (χ0v) is 17.2. The van der Waals surface area contributed by atoms with Crippen LogP contribution in [0.25, 0.3) is 0 Å². The molecule has 0 radical (unpaired) electrons. The Morgan fingerprint density at radius 1 is 1.23 bits per heavy atom. The van der Waals surface area contributed by atoms with Crippen molar-refractivity contribution in [1.29, 1.82) is 0 Å². The second-order valence-corrected chi connectivity index (χ2v) is 7.57. The molecule has 1 fully saturated rings. The average Bonchev–Trinajstić information content (AvgIpc) is 2.68. The third kappa shape index (κ3) is 5.74. The first-order chi connectivity index (χ1) is 14.3. The summed E-state index contributed by atoms with van der Waals surface area (Å²) in [5, 5.41) is 5.20. The summed E-state index contributed by atoms with van der Waals surface area (Å²) < 4.78 is 15.0. The molecular weight excluding hydrogens is 387 g/mol. The van der Waals surface area contributed by atoms with E-state index in [0.717, 1.165) is 5.69 Å². The van der Waals surface area contributed by atoms with Gasteiger partial charge in [0.15, 0.2) is 5.82 Å². The number of primary amides is 1. The predicted octanol–water partition coefficient (Wildman–Crippen LogP) is 2.16. The van der Waals surface area contributed by atoms with Crippen LogP contribution in [0.1, 0.15) is 18.2 Å². The molecule has 1 saturated heterocycles.